The zero-order valence-electron chi connectivity index (χ0n) is 11.7. The van der Waals surface area contributed by atoms with E-state index in [9.17, 15) is 4.79 Å². The molecular formula is C15H22BrNOS. The van der Waals surface area contributed by atoms with Gasteiger partial charge in [-0.05, 0) is 50.2 Å². The van der Waals surface area contributed by atoms with Gasteiger partial charge < -0.3 is 5.32 Å². The van der Waals surface area contributed by atoms with Crippen LogP contribution < -0.4 is 5.32 Å². The van der Waals surface area contributed by atoms with Crippen molar-refractivity contribution in [2.45, 2.75) is 51.5 Å². The smallest absolute Gasteiger partial charge is 0.261 e. The summed E-state index contributed by atoms with van der Waals surface area (Å²) >= 11 is 5.21. The number of carbonyl (C=O) groups is 1. The van der Waals surface area contributed by atoms with Crippen LogP contribution in [-0.4, -0.2) is 16.8 Å². The van der Waals surface area contributed by atoms with Crippen molar-refractivity contribution in [3.8, 4) is 0 Å². The van der Waals surface area contributed by atoms with Crippen LogP contribution in [0.25, 0.3) is 0 Å². The lowest BCUT2D eigenvalue weighted by atomic mass is 9.78. The number of hydrogen-bond donors (Lipinski definition) is 1. The predicted molar refractivity (Wildman–Crippen MR) is 85.3 cm³/mol. The molecule has 1 aromatic rings. The van der Waals surface area contributed by atoms with E-state index in [1.165, 1.54) is 17.7 Å². The Bertz CT molecular complexity index is 435. The van der Waals surface area contributed by atoms with E-state index in [4.69, 9.17) is 0 Å². The third-order valence-corrected chi connectivity index (χ3v) is 6.40. The van der Waals surface area contributed by atoms with Crippen molar-refractivity contribution in [1.29, 1.82) is 0 Å². The van der Waals surface area contributed by atoms with Crippen LogP contribution in [0.15, 0.2) is 12.1 Å². The first-order valence-electron chi connectivity index (χ1n) is 7.06. The fourth-order valence-corrected chi connectivity index (χ4v) is 4.14. The van der Waals surface area contributed by atoms with E-state index < -0.39 is 0 Å². The zero-order chi connectivity index (χ0) is 13.9. The van der Waals surface area contributed by atoms with Crippen LogP contribution in [0.2, 0.25) is 0 Å². The van der Waals surface area contributed by atoms with Gasteiger partial charge in [-0.25, -0.2) is 0 Å². The molecule has 19 heavy (non-hydrogen) atoms. The Labute approximate surface area is 128 Å². The minimum Gasteiger partial charge on any atom is -0.345 e. The summed E-state index contributed by atoms with van der Waals surface area (Å²) < 4.78 is 0. The largest absolute Gasteiger partial charge is 0.345 e. The van der Waals surface area contributed by atoms with Crippen molar-refractivity contribution < 1.29 is 4.79 Å². The number of aryl methyl sites for hydroxylation is 1. The molecule has 1 N–H and O–H groups in total. The van der Waals surface area contributed by atoms with Gasteiger partial charge in [-0.1, -0.05) is 29.8 Å². The Morgan fingerprint density at radius 3 is 2.68 bits per heavy atom. The van der Waals surface area contributed by atoms with Gasteiger partial charge in [-0.15, -0.1) is 11.3 Å². The van der Waals surface area contributed by atoms with Crippen LogP contribution in [0.3, 0.4) is 0 Å². The lowest BCUT2D eigenvalue weighted by Gasteiger charge is -2.38. The normalized spacial score (nSPS) is 27.2. The molecule has 0 saturated heterocycles. The molecule has 1 amide bonds. The maximum absolute atomic E-state index is 12.4. The number of amides is 1. The van der Waals surface area contributed by atoms with Gasteiger partial charge in [0.25, 0.3) is 5.91 Å². The molecule has 0 aromatic carbocycles. The molecule has 1 aromatic heterocycles. The Morgan fingerprint density at radius 1 is 1.47 bits per heavy atom. The molecule has 106 valence electrons. The molecule has 1 heterocycles. The first-order valence-corrected chi connectivity index (χ1v) is 8.99. The van der Waals surface area contributed by atoms with Crippen molar-refractivity contribution in [2.75, 3.05) is 5.33 Å². The van der Waals surface area contributed by atoms with Crippen LogP contribution in [0, 0.1) is 5.92 Å². The molecule has 1 aliphatic rings. The highest BCUT2D eigenvalue weighted by molar-refractivity contribution is 9.09. The van der Waals surface area contributed by atoms with Crippen LogP contribution in [0.1, 0.15) is 54.1 Å². The van der Waals surface area contributed by atoms with E-state index in [1.807, 2.05) is 6.07 Å². The van der Waals surface area contributed by atoms with Crippen molar-refractivity contribution in [1.82, 2.24) is 5.32 Å². The summed E-state index contributed by atoms with van der Waals surface area (Å²) in [6.07, 6.45) is 5.57. The van der Waals surface area contributed by atoms with Crippen molar-refractivity contribution in [3.05, 3.63) is 21.9 Å². The van der Waals surface area contributed by atoms with Gasteiger partial charge in [0.2, 0.25) is 0 Å². The van der Waals surface area contributed by atoms with E-state index in [2.05, 4.69) is 41.2 Å². The predicted octanol–water partition coefficient (Wildman–Crippen LogP) is 4.38. The summed E-state index contributed by atoms with van der Waals surface area (Å²) in [6.45, 7) is 4.42. The molecule has 0 aliphatic heterocycles. The highest BCUT2D eigenvalue weighted by Crippen LogP contribution is 2.33. The van der Waals surface area contributed by atoms with Gasteiger partial charge in [0.1, 0.15) is 0 Å². The maximum Gasteiger partial charge on any atom is 0.261 e. The Morgan fingerprint density at radius 2 is 2.16 bits per heavy atom. The molecule has 0 spiro atoms. The molecule has 0 unspecified atom stereocenters. The quantitative estimate of drug-likeness (QED) is 0.807. The number of rotatable bonds is 4. The van der Waals surface area contributed by atoms with Gasteiger partial charge in [0.15, 0.2) is 0 Å². The van der Waals surface area contributed by atoms with Gasteiger partial charge in [0.05, 0.1) is 10.4 Å². The molecule has 0 bridgehead atoms. The van der Waals surface area contributed by atoms with Gasteiger partial charge in [-0.3, -0.25) is 4.79 Å². The average Bonchev–Trinajstić information content (AvgIpc) is 2.91. The first kappa shape index (κ1) is 15.0. The third kappa shape index (κ3) is 3.60. The van der Waals surface area contributed by atoms with E-state index >= 15 is 0 Å². The van der Waals surface area contributed by atoms with Gasteiger partial charge in [-0.2, -0.15) is 0 Å². The topological polar surface area (TPSA) is 29.1 Å². The van der Waals surface area contributed by atoms with E-state index in [1.54, 1.807) is 11.3 Å². The number of thiophene rings is 1. The van der Waals surface area contributed by atoms with Crippen LogP contribution in [0.4, 0.5) is 0 Å². The summed E-state index contributed by atoms with van der Waals surface area (Å²) in [5.74, 6) is 0.885. The molecule has 1 saturated carbocycles. The highest BCUT2D eigenvalue weighted by Gasteiger charge is 2.35. The van der Waals surface area contributed by atoms with Crippen molar-refractivity contribution in [2.24, 2.45) is 5.92 Å². The molecule has 0 radical (unpaired) electrons. The maximum atomic E-state index is 12.4. The second-order valence-corrected chi connectivity index (χ2v) is 7.40. The molecule has 4 heteroatoms. The average molecular weight is 344 g/mol. The molecule has 2 nitrogen and oxygen atoms in total. The Balaban J connectivity index is 2.03. The Hall–Kier alpha value is -0.350. The zero-order valence-corrected chi connectivity index (χ0v) is 14.1. The molecule has 0 atom stereocenters. The summed E-state index contributed by atoms with van der Waals surface area (Å²) in [6, 6.07) is 4.01. The van der Waals surface area contributed by atoms with Crippen molar-refractivity contribution >= 4 is 33.2 Å². The molecule has 2 rings (SSSR count). The van der Waals surface area contributed by atoms with Crippen LogP contribution >= 0.6 is 27.3 Å². The Kier molecular flexibility index (Phi) is 5.07. The molecule has 1 aliphatic carbocycles. The van der Waals surface area contributed by atoms with Crippen LogP contribution in [-0.2, 0) is 6.42 Å². The fraction of sp³-hybridized carbons (Fsp3) is 0.667. The van der Waals surface area contributed by atoms with Gasteiger partial charge >= 0.3 is 0 Å². The van der Waals surface area contributed by atoms with Crippen LogP contribution in [0.5, 0.6) is 0 Å². The fourth-order valence-electron chi connectivity index (χ4n) is 2.60. The summed E-state index contributed by atoms with van der Waals surface area (Å²) in [7, 11) is 0. The number of hydrogen-bond acceptors (Lipinski definition) is 2. The standard InChI is InChI=1S/C15H22BrNOS/c1-3-12-4-5-13(19-12)14(18)17-15(10-16)8-6-11(2)7-9-15/h4-5,11H,3,6-10H2,1-2H3,(H,17,18). The van der Waals surface area contributed by atoms with E-state index in [0.717, 1.165) is 35.4 Å². The van der Waals surface area contributed by atoms with E-state index in [-0.39, 0.29) is 11.4 Å². The van der Waals surface area contributed by atoms with E-state index in [0.29, 0.717) is 0 Å². The number of carbonyl (C=O) groups excluding carboxylic acids is 1. The molecular weight excluding hydrogens is 322 g/mol. The summed E-state index contributed by atoms with van der Waals surface area (Å²) in [5, 5.41) is 4.13. The second kappa shape index (κ2) is 6.40. The number of halogens is 1. The minimum atomic E-state index is -0.0417. The third-order valence-electron chi connectivity index (χ3n) is 4.10. The summed E-state index contributed by atoms with van der Waals surface area (Å²) in [5.41, 5.74) is -0.0417. The van der Waals surface area contributed by atoms with Crippen molar-refractivity contribution in [3.63, 3.8) is 0 Å². The molecule has 1 fully saturated rings. The summed E-state index contributed by atoms with van der Waals surface area (Å²) in [4.78, 5) is 14.5. The van der Waals surface area contributed by atoms with Gasteiger partial charge in [0, 0.05) is 10.2 Å². The SMILES string of the molecule is CCc1ccc(C(=O)NC2(CBr)CCC(C)CC2)s1. The highest BCUT2D eigenvalue weighted by atomic mass is 79.9. The minimum absolute atomic E-state index is 0.0417. The monoisotopic (exact) mass is 343 g/mol. The lowest BCUT2D eigenvalue weighted by molar-refractivity contribution is 0.0878. The first-order chi connectivity index (χ1) is 9.08. The number of alkyl halides is 1. The number of nitrogens with one attached hydrogen (secondary N) is 1. The second-order valence-electron chi connectivity index (χ2n) is 5.67. The lowest BCUT2D eigenvalue weighted by Crippen LogP contribution is -2.51.